The van der Waals surface area contributed by atoms with Gasteiger partial charge in [0.05, 0.1) is 25.8 Å². The zero-order chi connectivity index (χ0) is 12.1. The van der Waals surface area contributed by atoms with Crippen LogP contribution in [-0.4, -0.2) is 48.8 Å². The number of amides is 3. The van der Waals surface area contributed by atoms with Crippen LogP contribution in [0, 0.1) is 5.92 Å². The molecule has 5 N–H and O–H groups in total. The second-order valence-corrected chi connectivity index (χ2v) is 3.38. The van der Waals surface area contributed by atoms with Crippen LogP contribution < -0.4 is 16.4 Å². The number of hydrogen-bond donors (Lipinski definition) is 4. The summed E-state index contributed by atoms with van der Waals surface area (Å²) in [6.45, 7) is -0.0891. The first kappa shape index (κ1) is 12.2. The van der Waals surface area contributed by atoms with Gasteiger partial charge in [-0.1, -0.05) is 0 Å². The highest BCUT2D eigenvalue weighted by Gasteiger charge is 2.34. The van der Waals surface area contributed by atoms with E-state index in [0.717, 1.165) is 0 Å². The normalized spacial score (nSPS) is 23.8. The van der Waals surface area contributed by atoms with Gasteiger partial charge in [-0.15, -0.1) is 0 Å². The molecule has 1 heterocycles. The Bertz CT molecular complexity index is 306. The smallest absolute Gasteiger partial charge is 0.315 e. The van der Waals surface area contributed by atoms with E-state index in [-0.39, 0.29) is 19.8 Å². The van der Waals surface area contributed by atoms with Crippen LogP contribution in [-0.2, 0) is 14.3 Å². The van der Waals surface area contributed by atoms with Crippen molar-refractivity contribution in [3.63, 3.8) is 0 Å². The SMILES string of the molecule is NC(=O)CNC(=O)NC1COCC1C(=O)O. The third kappa shape index (κ3) is 3.39. The first-order valence-corrected chi connectivity index (χ1v) is 4.64. The van der Waals surface area contributed by atoms with Gasteiger partial charge in [0.1, 0.15) is 5.92 Å². The Morgan fingerprint density at radius 1 is 1.38 bits per heavy atom. The molecule has 0 saturated carbocycles. The van der Waals surface area contributed by atoms with Crippen LogP contribution >= 0.6 is 0 Å². The molecular weight excluding hydrogens is 218 g/mol. The zero-order valence-corrected chi connectivity index (χ0v) is 8.43. The van der Waals surface area contributed by atoms with Gasteiger partial charge < -0.3 is 26.2 Å². The largest absolute Gasteiger partial charge is 0.481 e. The first-order valence-electron chi connectivity index (χ1n) is 4.64. The maximum atomic E-state index is 11.2. The molecule has 90 valence electrons. The highest BCUT2D eigenvalue weighted by atomic mass is 16.5. The molecule has 0 aromatic carbocycles. The molecule has 2 atom stereocenters. The summed E-state index contributed by atoms with van der Waals surface area (Å²) in [6.07, 6.45) is 0. The lowest BCUT2D eigenvalue weighted by Gasteiger charge is -2.15. The lowest BCUT2D eigenvalue weighted by Crippen LogP contribution is -2.48. The molecule has 0 radical (unpaired) electrons. The monoisotopic (exact) mass is 231 g/mol. The number of urea groups is 1. The minimum atomic E-state index is -1.03. The summed E-state index contributed by atoms with van der Waals surface area (Å²) in [5.41, 5.74) is 4.82. The van der Waals surface area contributed by atoms with Crippen LogP contribution in [0.5, 0.6) is 0 Å². The van der Waals surface area contributed by atoms with Crippen LogP contribution in [0.4, 0.5) is 4.79 Å². The number of rotatable bonds is 4. The minimum absolute atomic E-state index is 0.0656. The Morgan fingerprint density at radius 2 is 2.06 bits per heavy atom. The number of carboxylic acids is 1. The fourth-order valence-electron chi connectivity index (χ4n) is 1.33. The van der Waals surface area contributed by atoms with Gasteiger partial charge in [0.15, 0.2) is 0 Å². The van der Waals surface area contributed by atoms with E-state index in [1.165, 1.54) is 0 Å². The molecule has 1 saturated heterocycles. The van der Waals surface area contributed by atoms with E-state index < -0.39 is 29.9 Å². The number of primary amides is 1. The number of hydrogen-bond acceptors (Lipinski definition) is 4. The molecule has 0 aliphatic carbocycles. The molecule has 1 aliphatic rings. The zero-order valence-electron chi connectivity index (χ0n) is 8.43. The summed E-state index contributed by atoms with van der Waals surface area (Å²) in [7, 11) is 0. The summed E-state index contributed by atoms with van der Waals surface area (Å²) in [4.78, 5) is 32.3. The fourth-order valence-corrected chi connectivity index (χ4v) is 1.33. The Labute approximate surface area is 91.1 Å². The molecule has 1 aliphatic heterocycles. The minimum Gasteiger partial charge on any atom is -0.481 e. The van der Waals surface area contributed by atoms with Crippen molar-refractivity contribution < 1.29 is 24.2 Å². The van der Waals surface area contributed by atoms with Crippen molar-refractivity contribution in [3.05, 3.63) is 0 Å². The van der Waals surface area contributed by atoms with E-state index in [1.807, 2.05) is 0 Å². The molecular formula is C8H13N3O5. The Morgan fingerprint density at radius 3 is 2.62 bits per heavy atom. The summed E-state index contributed by atoms with van der Waals surface area (Å²) >= 11 is 0. The van der Waals surface area contributed by atoms with Gasteiger partial charge >= 0.3 is 12.0 Å². The van der Waals surface area contributed by atoms with Gasteiger partial charge in [-0.2, -0.15) is 0 Å². The molecule has 1 fully saturated rings. The number of carbonyl (C=O) groups is 3. The van der Waals surface area contributed by atoms with Gasteiger partial charge in [0.2, 0.25) is 5.91 Å². The Kier molecular flexibility index (Phi) is 4.06. The lowest BCUT2D eigenvalue weighted by atomic mass is 10.0. The molecule has 8 heteroatoms. The molecule has 8 nitrogen and oxygen atoms in total. The molecule has 0 spiro atoms. The van der Waals surface area contributed by atoms with Gasteiger partial charge in [-0.05, 0) is 0 Å². The standard InChI is InChI=1S/C8H13N3O5/c9-6(12)1-10-8(15)11-5-3-16-2-4(5)7(13)14/h4-5H,1-3H2,(H2,9,12)(H,13,14)(H2,10,11,15). The molecule has 0 aromatic rings. The van der Waals surface area contributed by atoms with Gasteiger partial charge in [-0.3, -0.25) is 9.59 Å². The fraction of sp³-hybridized carbons (Fsp3) is 0.625. The van der Waals surface area contributed by atoms with Crippen LogP contribution in [0.3, 0.4) is 0 Å². The van der Waals surface area contributed by atoms with Gasteiger partial charge in [0.25, 0.3) is 0 Å². The predicted molar refractivity (Wildman–Crippen MR) is 51.5 cm³/mol. The van der Waals surface area contributed by atoms with Crippen molar-refractivity contribution in [1.29, 1.82) is 0 Å². The quantitative estimate of drug-likeness (QED) is 0.439. The number of ether oxygens (including phenoxy) is 1. The van der Waals surface area contributed by atoms with Gasteiger partial charge in [-0.25, -0.2) is 4.79 Å². The van der Waals surface area contributed by atoms with Crippen molar-refractivity contribution in [2.75, 3.05) is 19.8 Å². The molecule has 3 amide bonds. The van der Waals surface area contributed by atoms with Crippen molar-refractivity contribution in [1.82, 2.24) is 10.6 Å². The Balaban J connectivity index is 2.38. The summed E-state index contributed by atoms with van der Waals surface area (Å²) < 4.78 is 4.94. The first-order chi connectivity index (χ1) is 7.50. The third-order valence-corrected chi connectivity index (χ3v) is 2.14. The highest BCUT2D eigenvalue weighted by Crippen LogP contribution is 2.13. The number of carboxylic acid groups (broad SMARTS) is 1. The molecule has 1 rings (SSSR count). The summed E-state index contributed by atoms with van der Waals surface area (Å²) in [6, 6.07) is -1.23. The van der Waals surface area contributed by atoms with E-state index in [9.17, 15) is 14.4 Å². The lowest BCUT2D eigenvalue weighted by molar-refractivity contribution is -0.142. The van der Waals surface area contributed by atoms with Crippen molar-refractivity contribution in [2.24, 2.45) is 11.7 Å². The van der Waals surface area contributed by atoms with Crippen molar-refractivity contribution in [3.8, 4) is 0 Å². The van der Waals surface area contributed by atoms with Gasteiger partial charge in [0, 0.05) is 0 Å². The number of carbonyl (C=O) groups excluding carboxylic acids is 2. The molecule has 16 heavy (non-hydrogen) atoms. The molecule has 0 aromatic heterocycles. The topological polar surface area (TPSA) is 131 Å². The number of aliphatic carboxylic acids is 1. The molecule has 0 bridgehead atoms. The van der Waals surface area contributed by atoms with Crippen LogP contribution in [0.1, 0.15) is 0 Å². The van der Waals surface area contributed by atoms with E-state index in [0.29, 0.717) is 0 Å². The predicted octanol–water partition coefficient (Wildman–Crippen LogP) is -2.13. The van der Waals surface area contributed by atoms with E-state index in [2.05, 4.69) is 10.6 Å². The molecule has 2 unspecified atom stereocenters. The average molecular weight is 231 g/mol. The third-order valence-electron chi connectivity index (χ3n) is 2.14. The van der Waals surface area contributed by atoms with Crippen LogP contribution in [0.25, 0.3) is 0 Å². The maximum Gasteiger partial charge on any atom is 0.315 e. The second-order valence-electron chi connectivity index (χ2n) is 3.38. The average Bonchev–Trinajstić information content (AvgIpc) is 2.62. The van der Waals surface area contributed by atoms with E-state index in [4.69, 9.17) is 15.6 Å². The van der Waals surface area contributed by atoms with Crippen molar-refractivity contribution in [2.45, 2.75) is 6.04 Å². The number of nitrogens with one attached hydrogen (secondary N) is 2. The van der Waals surface area contributed by atoms with Crippen LogP contribution in [0.2, 0.25) is 0 Å². The highest BCUT2D eigenvalue weighted by molar-refractivity contribution is 5.83. The maximum absolute atomic E-state index is 11.2. The van der Waals surface area contributed by atoms with E-state index in [1.54, 1.807) is 0 Å². The van der Waals surface area contributed by atoms with Crippen LogP contribution in [0.15, 0.2) is 0 Å². The number of nitrogens with two attached hydrogens (primary N) is 1. The summed E-state index contributed by atoms with van der Waals surface area (Å²) in [5, 5.41) is 13.4. The van der Waals surface area contributed by atoms with E-state index >= 15 is 0 Å². The summed E-state index contributed by atoms with van der Waals surface area (Å²) in [5.74, 6) is -2.47. The van der Waals surface area contributed by atoms with Crippen molar-refractivity contribution >= 4 is 17.9 Å². The Hall–Kier alpha value is -1.83. The second kappa shape index (κ2) is 5.31.